The highest BCUT2D eigenvalue weighted by Gasteiger charge is 2.37. The Morgan fingerprint density at radius 1 is 1.39 bits per heavy atom. The molecule has 128 valence electrons. The van der Waals surface area contributed by atoms with E-state index in [0.717, 1.165) is 25.3 Å². The number of aliphatic hydroxyl groups is 1. The van der Waals surface area contributed by atoms with Crippen LogP contribution in [-0.2, 0) is 11.3 Å². The fourth-order valence-electron chi connectivity index (χ4n) is 3.70. The Bertz CT molecular complexity index is 513. The molecule has 1 aromatic heterocycles. The van der Waals surface area contributed by atoms with E-state index in [1.54, 1.807) is 17.1 Å². The zero-order valence-electron chi connectivity index (χ0n) is 13.8. The van der Waals surface area contributed by atoms with Gasteiger partial charge < -0.3 is 10.4 Å². The first-order valence-electron chi connectivity index (χ1n) is 8.61. The van der Waals surface area contributed by atoms with Crippen molar-refractivity contribution in [3.63, 3.8) is 0 Å². The van der Waals surface area contributed by atoms with Crippen LogP contribution in [-0.4, -0.2) is 62.2 Å². The van der Waals surface area contributed by atoms with Crippen LogP contribution in [0.5, 0.6) is 0 Å². The molecule has 1 aromatic rings. The summed E-state index contributed by atoms with van der Waals surface area (Å²) in [4.78, 5) is 14.2. The average molecular weight is 321 g/mol. The second kappa shape index (κ2) is 6.97. The zero-order chi connectivity index (χ0) is 16.3. The van der Waals surface area contributed by atoms with Crippen LogP contribution >= 0.6 is 0 Å². The van der Waals surface area contributed by atoms with E-state index in [1.807, 2.05) is 4.90 Å². The van der Waals surface area contributed by atoms with Gasteiger partial charge in [0, 0.05) is 25.3 Å². The van der Waals surface area contributed by atoms with Crippen molar-refractivity contribution in [1.82, 2.24) is 25.2 Å². The predicted molar refractivity (Wildman–Crippen MR) is 85.6 cm³/mol. The molecule has 3 rings (SSSR count). The topological polar surface area (TPSA) is 83.3 Å². The van der Waals surface area contributed by atoms with Gasteiger partial charge in [-0.15, -0.1) is 5.10 Å². The van der Waals surface area contributed by atoms with Crippen LogP contribution < -0.4 is 5.32 Å². The SMILES string of the molecule is CC1CCC(NC(=O)CN2CCC(O)(Cn3ccnn3)C2)CC1. The number of likely N-dealkylation sites (tertiary alicyclic amines) is 1. The van der Waals surface area contributed by atoms with Crippen molar-refractivity contribution < 1.29 is 9.90 Å². The lowest BCUT2D eigenvalue weighted by molar-refractivity contribution is -0.123. The first-order chi connectivity index (χ1) is 11.0. The van der Waals surface area contributed by atoms with E-state index in [0.29, 0.717) is 32.1 Å². The van der Waals surface area contributed by atoms with Crippen LogP contribution in [0, 0.1) is 5.92 Å². The monoisotopic (exact) mass is 321 g/mol. The van der Waals surface area contributed by atoms with Gasteiger partial charge in [-0.25, -0.2) is 4.68 Å². The standard InChI is InChI=1S/C16H27N5O2/c1-13-2-4-14(5-3-13)18-15(22)10-20-8-6-16(23,11-20)12-21-9-7-17-19-21/h7,9,13-14,23H,2-6,8,10-12H2,1H3,(H,18,22). The summed E-state index contributed by atoms with van der Waals surface area (Å²) in [5.74, 6) is 0.864. The van der Waals surface area contributed by atoms with Crippen LogP contribution in [0.1, 0.15) is 39.0 Å². The molecule has 23 heavy (non-hydrogen) atoms. The second-order valence-electron chi connectivity index (χ2n) is 7.31. The fraction of sp³-hybridized carbons (Fsp3) is 0.812. The van der Waals surface area contributed by atoms with Gasteiger partial charge in [-0.3, -0.25) is 9.69 Å². The molecule has 1 atom stereocenters. The number of nitrogens with zero attached hydrogens (tertiary/aromatic N) is 4. The number of hydrogen-bond donors (Lipinski definition) is 2. The minimum absolute atomic E-state index is 0.0783. The maximum atomic E-state index is 12.2. The third-order valence-electron chi connectivity index (χ3n) is 5.09. The first-order valence-corrected chi connectivity index (χ1v) is 8.61. The molecule has 0 radical (unpaired) electrons. The van der Waals surface area contributed by atoms with Gasteiger partial charge in [0.2, 0.25) is 5.91 Å². The molecule has 1 saturated carbocycles. The van der Waals surface area contributed by atoms with Gasteiger partial charge in [0.25, 0.3) is 0 Å². The number of hydrogen-bond acceptors (Lipinski definition) is 5. The lowest BCUT2D eigenvalue weighted by atomic mass is 9.87. The maximum absolute atomic E-state index is 12.2. The number of nitrogens with one attached hydrogen (secondary N) is 1. The summed E-state index contributed by atoms with van der Waals surface area (Å²) in [5, 5.41) is 21.4. The Morgan fingerprint density at radius 3 is 2.87 bits per heavy atom. The van der Waals surface area contributed by atoms with Crippen LogP contribution in [0.25, 0.3) is 0 Å². The molecular formula is C16H27N5O2. The number of carbonyl (C=O) groups excluding carboxylic acids is 1. The molecule has 1 saturated heterocycles. The predicted octanol–water partition coefficient (Wildman–Crippen LogP) is 0.410. The fourth-order valence-corrected chi connectivity index (χ4v) is 3.70. The second-order valence-corrected chi connectivity index (χ2v) is 7.31. The quantitative estimate of drug-likeness (QED) is 0.821. The third kappa shape index (κ3) is 4.51. The van der Waals surface area contributed by atoms with Crippen molar-refractivity contribution in [3.05, 3.63) is 12.4 Å². The van der Waals surface area contributed by atoms with E-state index in [9.17, 15) is 9.90 Å². The van der Waals surface area contributed by atoms with E-state index in [2.05, 4.69) is 22.6 Å². The molecule has 1 aliphatic heterocycles. The van der Waals surface area contributed by atoms with Crippen LogP contribution in [0.4, 0.5) is 0 Å². The Kier molecular flexibility index (Phi) is 4.96. The van der Waals surface area contributed by atoms with Gasteiger partial charge in [0.05, 0.1) is 24.9 Å². The molecule has 2 aliphatic rings. The minimum Gasteiger partial charge on any atom is -0.387 e. The maximum Gasteiger partial charge on any atom is 0.234 e. The molecule has 7 nitrogen and oxygen atoms in total. The smallest absolute Gasteiger partial charge is 0.234 e. The molecule has 1 unspecified atom stereocenters. The Labute approximate surface area is 137 Å². The van der Waals surface area contributed by atoms with Crippen molar-refractivity contribution in [1.29, 1.82) is 0 Å². The average Bonchev–Trinajstić information content (AvgIpc) is 3.12. The van der Waals surface area contributed by atoms with E-state index in [4.69, 9.17) is 0 Å². The van der Waals surface area contributed by atoms with Crippen molar-refractivity contribution in [2.24, 2.45) is 5.92 Å². The van der Waals surface area contributed by atoms with E-state index >= 15 is 0 Å². The summed E-state index contributed by atoms with van der Waals surface area (Å²) in [6.07, 6.45) is 8.58. The van der Waals surface area contributed by atoms with Gasteiger partial charge >= 0.3 is 0 Å². The number of β-amino-alcohol motifs (C(OH)–C–C–N with tert-alkyl or cyclic N) is 1. The van der Waals surface area contributed by atoms with Gasteiger partial charge in [-0.1, -0.05) is 12.1 Å². The Hall–Kier alpha value is -1.47. The van der Waals surface area contributed by atoms with Gasteiger partial charge in [-0.05, 0) is 38.0 Å². The summed E-state index contributed by atoms with van der Waals surface area (Å²) in [6, 6.07) is 0.329. The summed E-state index contributed by atoms with van der Waals surface area (Å²) in [5.41, 5.74) is -0.825. The van der Waals surface area contributed by atoms with Crippen molar-refractivity contribution in [2.75, 3.05) is 19.6 Å². The summed E-state index contributed by atoms with van der Waals surface area (Å²) in [7, 11) is 0. The molecule has 0 bridgehead atoms. The summed E-state index contributed by atoms with van der Waals surface area (Å²) < 4.78 is 1.65. The number of aromatic nitrogens is 3. The highest BCUT2D eigenvalue weighted by atomic mass is 16.3. The van der Waals surface area contributed by atoms with Crippen LogP contribution in [0.2, 0.25) is 0 Å². The molecule has 0 aromatic carbocycles. The van der Waals surface area contributed by atoms with Gasteiger partial charge in [0.15, 0.2) is 0 Å². The normalized spacial score (nSPS) is 32.1. The largest absolute Gasteiger partial charge is 0.387 e. The molecule has 0 spiro atoms. The zero-order valence-corrected chi connectivity index (χ0v) is 13.8. The van der Waals surface area contributed by atoms with Crippen molar-refractivity contribution in [3.8, 4) is 0 Å². The molecule has 1 amide bonds. The van der Waals surface area contributed by atoms with Crippen molar-refractivity contribution in [2.45, 2.75) is 57.2 Å². The minimum atomic E-state index is -0.825. The first kappa shape index (κ1) is 16.4. The van der Waals surface area contributed by atoms with E-state index in [-0.39, 0.29) is 5.91 Å². The number of rotatable bonds is 5. The molecule has 2 N–H and O–H groups in total. The van der Waals surface area contributed by atoms with Crippen LogP contribution in [0.3, 0.4) is 0 Å². The Balaban J connectivity index is 1.43. The van der Waals surface area contributed by atoms with Crippen molar-refractivity contribution >= 4 is 5.91 Å². The number of carbonyl (C=O) groups is 1. The summed E-state index contributed by atoms with van der Waals surface area (Å²) in [6.45, 7) is 4.30. The molecular weight excluding hydrogens is 294 g/mol. The van der Waals surface area contributed by atoms with E-state index in [1.165, 1.54) is 12.8 Å². The van der Waals surface area contributed by atoms with E-state index < -0.39 is 5.60 Å². The van der Waals surface area contributed by atoms with Crippen LogP contribution in [0.15, 0.2) is 12.4 Å². The molecule has 2 fully saturated rings. The lowest BCUT2D eigenvalue weighted by Gasteiger charge is -2.28. The molecule has 1 aliphatic carbocycles. The van der Waals surface area contributed by atoms with Gasteiger partial charge in [0.1, 0.15) is 0 Å². The molecule has 7 heteroatoms. The third-order valence-corrected chi connectivity index (χ3v) is 5.09. The highest BCUT2D eigenvalue weighted by Crippen LogP contribution is 2.24. The Morgan fingerprint density at radius 2 is 2.17 bits per heavy atom. The van der Waals surface area contributed by atoms with Gasteiger partial charge in [-0.2, -0.15) is 0 Å². The number of amides is 1. The highest BCUT2D eigenvalue weighted by molar-refractivity contribution is 5.78. The summed E-state index contributed by atoms with van der Waals surface area (Å²) >= 11 is 0. The molecule has 2 heterocycles. The lowest BCUT2D eigenvalue weighted by Crippen LogP contribution is -2.44.